The number of carbonyl (C=O) groups is 1. The fraction of sp³-hybridized carbons (Fsp3) is 0.360. The largest absolute Gasteiger partial charge is 0.368 e. The zero-order valence-electron chi connectivity index (χ0n) is 18.0. The number of para-hydroxylation sites is 1. The van der Waals surface area contributed by atoms with Gasteiger partial charge in [-0.15, -0.1) is 0 Å². The van der Waals surface area contributed by atoms with Crippen molar-refractivity contribution in [3.63, 3.8) is 0 Å². The lowest BCUT2D eigenvalue weighted by Gasteiger charge is -2.30. The van der Waals surface area contributed by atoms with Gasteiger partial charge in [-0.1, -0.05) is 18.2 Å². The Hall–Kier alpha value is -3.32. The van der Waals surface area contributed by atoms with E-state index in [1.54, 1.807) is 12.4 Å². The third-order valence-electron chi connectivity index (χ3n) is 6.04. The van der Waals surface area contributed by atoms with E-state index in [1.165, 1.54) is 0 Å². The maximum absolute atomic E-state index is 13.2. The summed E-state index contributed by atoms with van der Waals surface area (Å²) in [5.41, 5.74) is 2.65. The van der Waals surface area contributed by atoms with Gasteiger partial charge in [0.25, 0.3) is 5.91 Å². The number of pyridine rings is 1. The van der Waals surface area contributed by atoms with Crippen LogP contribution >= 0.6 is 0 Å². The van der Waals surface area contributed by atoms with Crippen LogP contribution in [0.25, 0.3) is 11.3 Å². The van der Waals surface area contributed by atoms with Crippen LogP contribution in [0.3, 0.4) is 0 Å². The normalized spacial score (nSPS) is 20.8. The first-order chi connectivity index (χ1) is 15.8. The molecule has 7 nitrogen and oxygen atoms in total. The zero-order chi connectivity index (χ0) is 21.8. The van der Waals surface area contributed by atoms with E-state index in [4.69, 9.17) is 14.7 Å². The summed E-state index contributed by atoms with van der Waals surface area (Å²) >= 11 is 0. The van der Waals surface area contributed by atoms with Crippen molar-refractivity contribution < 1.29 is 9.53 Å². The van der Waals surface area contributed by atoms with Crippen molar-refractivity contribution in [3.05, 3.63) is 66.7 Å². The second-order valence-corrected chi connectivity index (χ2v) is 8.27. The number of likely N-dealkylation sites (tertiary alicyclic amines) is 1. The molecule has 7 heteroatoms. The molecular formula is C25H27N5O2. The Bertz CT molecular complexity index is 1050. The first kappa shape index (κ1) is 20.6. The maximum Gasteiger partial charge on any atom is 0.252 e. The van der Waals surface area contributed by atoms with E-state index in [0.717, 1.165) is 49.0 Å². The molecular weight excluding hydrogens is 402 g/mol. The van der Waals surface area contributed by atoms with Crippen LogP contribution in [-0.2, 0) is 9.53 Å². The fourth-order valence-corrected chi connectivity index (χ4v) is 4.43. The van der Waals surface area contributed by atoms with E-state index < -0.39 is 0 Å². The SMILES string of the molecule is O=C([C@H]1CCCCO1)N1CCC[C@H]1c1nc(Nc2ccccc2)cc(-c2cccnc2)n1. The predicted octanol–water partition coefficient (Wildman–Crippen LogP) is 4.51. The van der Waals surface area contributed by atoms with E-state index in [-0.39, 0.29) is 18.1 Å². The molecule has 4 heterocycles. The molecule has 0 bridgehead atoms. The van der Waals surface area contributed by atoms with Crippen LogP contribution in [0.15, 0.2) is 60.9 Å². The highest BCUT2D eigenvalue weighted by Crippen LogP contribution is 2.34. The molecule has 3 aromatic rings. The van der Waals surface area contributed by atoms with Crippen molar-refractivity contribution in [2.45, 2.75) is 44.2 Å². The van der Waals surface area contributed by atoms with Crippen LogP contribution in [0, 0.1) is 0 Å². The lowest BCUT2D eigenvalue weighted by Crippen LogP contribution is -2.41. The molecule has 2 aromatic heterocycles. The summed E-state index contributed by atoms with van der Waals surface area (Å²) < 4.78 is 5.78. The highest BCUT2D eigenvalue weighted by molar-refractivity contribution is 5.81. The third kappa shape index (κ3) is 4.48. The lowest BCUT2D eigenvalue weighted by molar-refractivity contribution is -0.147. The number of amides is 1. The molecule has 2 aliphatic rings. The van der Waals surface area contributed by atoms with Crippen LogP contribution in [0.5, 0.6) is 0 Å². The summed E-state index contributed by atoms with van der Waals surface area (Å²) in [5.74, 6) is 1.43. The van der Waals surface area contributed by atoms with Crippen molar-refractivity contribution in [3.8, 4) is 11.3 Å². The number of hydrogen-bond acceptors (Lipinski definition) is 6. The molecule has 2 atom stereocenters. The molecule has 164 valence electrons. The van der Waals surface area contributed by atoms with E-state index in [0.29, 0.717) is 24.8 Å². The minimum atomic E-state index is -0.340. The van der Waals surface area contributed by atoms with Gasteiger partial charge in [0.05, 0.1) is 11.7 Å². The van der Waals surface area contributed by atoms with Crippen molar-refractivity contribution in [1.29, 1.82) is 0 Å². The molecule has 1 N–H and O–H groups in total. The Morgan fingerprint density at radius 3 is 2.72 bits per heavy atom. The summed E-state index contributed by atoms with van der Waals surface area (Å²) in [7, 11) is 0. The van der Waals surface area contributed by atoms with Gasteiger partial charge in [-0.2, -0.15) is 0 Å². The average Bonchev–Trinajstić information content (AvgIpc) is 3.35. The molecule has 2 fully saturated rings. The minimum absolute atomic E-state index is 0.0696. The van der Waals surface area contributed by atoms with Gasteiger partial charge in [0.15, 0.2) is 5.82 Å². The van der Waals surface area contributed by atoms with Gasteiger partial charge in [-0.3, -0.25) is 9.78 Å². The van der Waals surface area contributed by atoms with Gasteiger partial charge in [0.1, 0.15) is 11.9 Å². The Morgan fingerprint density at radius 2 is 1.94 bits per heavy atom. The highest BCUT2D eigenvalue weighted by atomic mass is 16.5. The van der Waals surface area contributed by atoms with Crippen molar-refractivity contribution >= 4 is 17.4 Å². The quantitative estimate of drug-likeness (QED) is 0.643. The van der Waals surface area contributed by atoms with E-state index in [1.807, 2.05) is 53.4 Å². The first-order valence-corrected chi connectivity index (χ1v) is 11.3. The average molecular weight is 430 g/mol. The minimum Gasteiger partial charge on any atom is -0.368 e. The maximum atomic E-state index is 13.2. The third-order valence-corrected chi connectivity index (χ3v) is 6.04. The molecule has 1 amide bonds. The second-order valence-electron chi connectivity index (χ2n) is 8.27. The smallest absolute Gasteiger partial charge is 0.252 e. The zero-order valence-corrected chi connectivity index (χ0v) is 18.0. The Labute approximate surface area is 187 Å². The number of hydrogen-bond donors (Lipinski definition) is 1. The number of carbonyl (C=O) groups excluding carboxylic acids is 1. The van der Waals surface area contributed by atoms with Crippen molar-refractivity contribution in [2.75, 3.05) is 18.5 Å². The number of aromatic nitrogens is 3. The molecule has 0 aliphatic carbocycles. The van der Waals surface area contributed by atoms with Crippen LogP contribution < -0.4 is 5.32 Å². The molecule has 0 radical (unpaired) electrons. The highest BCUT2D eigenvalue weighted by Gasteiger charge is 2.36. The number of benzene rings is 1. The van der Waals surface area contributed by atoms with Gasteiger partial charge < -0.3 is 15.0 Å². The van der Waals surface area contributed by atoms with Gasteiger partial charge in [-0.05, 0) is 56.4 Å². The summed E-state index contributed by atoms with van der Waals surface area (Å²) in [6, 6.07) is 15.6. The topological polar surface area (TPSA) is 80.2 Å². The predicted molar refractivity (Wildman–Crippen MR) is 122 cm³/mol. The molecule has 0 saturated carbocycles. The van der Waals surface area contributed by atoms with Crippen LogP contribution in [-0.4, -0.2) is 45.0 Å². The van der Waals surface area contributed by atoms with Gasteiger partial charge in [0.2, 0.25) is 0 Å². The summed E-state index contributed by atoms with van der Waals surface area (Å²) in [4.78, 5) is 29.1. The summed E-state index contributed by atoms with van der Waals surface area (Å²) in [6.07, 6.45) is 7.84. The van der Waals surface area contributed by atoms with Gasteiger partial charge in [0, 0.05) is 42.9 Å². The molecule has 1 aromatic carbocycles. The van der Waals surface area contributed by atoms with Crippen molar-refractivity contribution in [1.82, 2.24) is 19.9 Å². The summed E-state index contributed by atoms with van der Waals surface area (Å²) in [5, 5.41) is 3.39. The number of nitrogens with one attached hydrogen (secondary N) is 1. The number of nitrogens with zero attached hydrogens (tertiary/aromatic N) is 4. The van der Waals surface area contributed by atoms with Crippen molar-refractivity contribution in [2.24, 2.45) is 0 Å². The standard InChI is InChI=1S/C25H27N5O2/c31-25(22-12-4-5-15-32-22)30-14-7-11-21(30)24-28-20(18-8-6-13-26-17-18)16-23(29-24)27-19-9-2-1-3-10-19/h1-3,6,8-10,13,16-17,21-22H,4-5,7,11-12,14-15H2,(H,27,28,29)/t21-,22+/m0/s1. The number of anilines is 2. The Balaban J connectivity index is 1.48. The number of ether oxygens (including phenoxy) is 1. The molecule has 2 saturated heterocycles. The van der Waals surface area contributed by atoms with Crippen LogP contribution in [0.1, 0.15) is 44.0 Å². The molecule has 32 heavy (non-hydrogen) atoms. The van der Waals surface area contributed by atoms with E-state index in [9.17, 15) is 4.79 Å². The van der Waals surface area contributed by atoms with Gasteiger partial charge >= 0.3 is 0 Å². The van der Waals surface area contributed by atoms with E-state index >= 15 is 0 Å². The summed E-state index contributed by atoms with van der Waals surface area (Å²) in [6.45, 7) is 1.37. The monoisotopic (exact) mass is 429 g/mol. The molecule has 5 rings (SSSR count). The molecule has 0 unspecified atom stereocenters. The van der Waals surface area contributed by atoms with E-state index in [2.05, 4.69) is 10.3 Å². The Morgan fingerprint density at radius 1 is 1.03 bits per heavy atom. The van der Waals surface area contributed by atoms with Crippen LogP contribution in [0.4, 0.5) is 11.5 Å². The Kier molecular flexibility index (Phi) is 6.07. The fourth-order valence-electron chi connectivity index (χ4n) is 4.43. The first-order valence-electron chi connectivity index (χ1n) is 11.3. The molecule has 2 aliphatic heterocycles. The molecule has 0 spiro atoms. The lowest BCUT2D eigenvalue weighted by atomic mass is 10.1. The number of rotatable bonds is 5. The van der Waals surface area contributed by atoms with Gasteiger partial charge in [-0.25, -0.2) is 9.97 Å². The van der Waals surface area contributed by atoms with Crippen LogP contribution in [0.2, 0.25) is 0 Å². The second kappa shape index (κ2) is 9.44.